The molecule has 3 aromatic carbocycles. The highest BCUT2D eigenvalue weighted by molar-refractivity contribution is 6.33. The van der Waals surface area contributed by atoms with Gasteiger partial charge in [-0.3, -0.25) is 4.79 Å². The molecule has 5 nitrogen and oxygen atoms in total. The zero-order chi connectivity index (χ0) is 20.9. The van der Waals surface area contributed by atoms with Crippen molar-refractivity contribution in [3.8, 4) is 17.0 Å². The van der Waals surface area contributed by atoms with E-state index in [2.05, 4.69) is 15.5 Å². The number of fused-ring (bicyclic) bond motifs is 1. The fourth-order valence-corrected chi connectivity index (χ4v) is 3.32. The van der Waals surface area contributed by atoms with Gasteiger partial charge in [0.15, 0.2) is 0 Å². The van der Waals surface area contributed by atoms with Crippen LogP contribution in [0.3, 0.4) is 0 Å². The molecular weight excluding hydrogens is 398 g/mol. The molecule has 0 spiro atoms. The van der Waals surface area contributed by atoms with Gasteiger partial charge in [0.1, 0.15) is 5.75 Å². The molecule has 6 heteroatoms. The largest absolute Gasteiger partial charge is 0.497 e. The SMILES string of the molecule is COc1ccc(/C=N\NC(=O)c2cc(-c3ccccc3Cl)nc3ccccc23)cc1. The predicted molar refractivity (Wildman–Crippen MR) is 120 cm³/mol. The summed E-state index contributed by atoms with van der Waals surface area (Å²) in [4.78, 5) is 17.6. The van der Waals surface area contributed by atoms with E-state index < -0.39 is 0 Å². The molecule has 4 rings (SSSR count). The van der Waals surface area contributed by atoms with Crippen molar-refractivity contribution in [2.75, 3.05) is 7.11 Å². The zero-order valence-electron chi connectivity index (χ0n) is 16.2. The van der Waals surface area contributed by atoms with Gasteiger partial charge in [0.05, 0.1) is 30.1 Å². The highest BCUT2D eigenvalue weighted by Gasteiger charge is 2.14. The number of nitrogens with one attached hydrogen (secondary N) is 1. The third-order valence-electron chi connectivity index (χ3n) is 4.61. The van der Waals surface area contributed by atoms with E-state index in [9.17, 15) is 4.79 Å². The summed E-state index contributed by atoms with van der Waals surface area (Å²) in [5.74, 6) is 0.429. The Balaban J connectivity index is 1.65. The second kappa shape index (κ2) is 8.76. The van der Waals surface area contributed by atoms with Gasteiger partial charge in [-0.25, -0.2) is 10.4 Å². The summed E-state index contributed by atoms with van der Waals surface area (Å²) in [5, 5.41) is 5.40. The number of hydrogen-bond acceptors (Lipinski definition) is 4. The Morgan fingerprint density at radius 2 is 1.77 bits per heavy atom. The number of benzene rings is 3. The van der Waals surface area contributed by atoms with E-state index in [4.69, 9.17) is 16.3 Å². The van der Waals surface area contributed by atoms with E-state index in [0.717, 1.165) is 22.3 Å². The van der Waals surface area contributed by atoms with Crippen LogP contribution in [0.4, 0.5) is 0 Å². The topological polar surface area (TPSA) is 63.6 Å². The second-order valence-electron chi connectivity index (χ2n) is 6.52. The van der Waals surface area contributed by atoms with Crippen LogP contribution in [0.1, 0.15) is 15.9 Å². The van der Waals surface area contributed by atoms with E-state index in [-0.39, 0.29) is 5.91 Å². The molecule has 0 saturated carbocycles. The number of hydrazone groups is 1. The molecule has 0 aliphatic heterocycles. The van der Waals surface area contributed by atoms with Crippen molar-refractivity contribution < 1.29 is 9.53 Å². The number of pyridine rings is 1. The average Bonchev–Trinajstić information content (AvgIpc) is 2.79. The summed E-state index contributed by atoms with van der Waals surface area (Å²) in [6.07, 6.45) is 1.58. The Morgan fingerprint density at radius 1 is 1.03 bits per heavy atom. The number of amides is 1. The maximum atomic E-state index is 12.9. The lowest BCUT2D eigenvalue weighted by molar-refractivity contribution is 0.0956. The van der Waals surface area contributed by atoms with Crippen LogP contribution in [-0.4, -0.2) is 24.2 Å². The Hall–Kier alpha value is -3.70. The Kier molecular flexibility index (Phi) is 5.72. The van der Waals surface area contributed by atoms with Crippen LogP contribution >= 0.6 is 11.6 Å². The number of aromatic nitrogens is 1. The van der Waals surface area contributed by atoms with Crippen LogP contribution in [0.5, 0.6) is 5.75 Å². The van der Waals surface area contributed by atoms with Crippen LogP contribution in [0.15, 0.2) is 84.0 Å². The van der Waals surface area contributed by atoms with Gasteiger partial charge in [-0.2, -0.15) is 5.10 Å². The van der Waals surface area contributed by atoms with E-state index in [1.165, 1.54) is 0 Å². The number of carbonyl (C=O) groups excluding carboxylic acids is 1. The number of methoxy groups -OCH3 is 1. The maximum absolute atomic E-state index is 12.9. The van der Waals surface area contributed by atoms with Gasteiger partial charge in [0.2, 0.25) is 0 Å². The highest BCUT2D eigenvalue weighted by Crippen LogP contribution is 2.29. The molecule has 1 heterocycles. The molecule has 4 aromatic rings. The van der Waals surface area contributed by atoms with E-state index in [1.807, 2.05) is 66.7 Å². The van der Waals surface area contributed by atoms with E-state index in [0.29, 0.717) is 21.8 Å². The number of ether oxygens (including phenoxy) is 1. The van der Waals surface area contributed by atoms with Crippen molar-refractivity contribution in [1.82, 2.24) is 10.4 Å². The standard InChI is InChI=1S/C24H18ClN3O2/c1-30-17-12-10-16(11-13-17)15-26-28-24(29)20-14-23(19-7-2-4-8-21(19)25)27-22-9-5-3-6-18(20)22/h2-15H,1H3,(H,28,29)/b26-15-. The minimum atomic E-state index is -0.327. The summed E-state index contributed by atoms with van der Waals surface area (Å²) < 4.78 is 5.14. The molecule has 0 aliphatic rings. The minimum absolute atomic E-state index is 0.327. The Bertz CT molecular complexity index is 1240. The first kappa shape index (κ1) is 19.6. The molecule has 0 radical (unpaired) electrons. The summed E-state index contributed by atoms with van der Waals surface area (Å²) in [6.45, 7) is 0. The smallest absolute Gasteiger partial charge is 0.272 e. The normalized spacial score (nSPS) is 11.0. The van der Waals surface area contributed by atoms with Crippen molar-refractivity contribution >= 4 is 34.6 Å². The lowest BCUT2D eigenvalue weighted by atomic mass is 10.0. The summed E-state index contributed by atoms with van der Waals surface area (Å²) >= 11 is 6.34. The van der Waals surface area contributed by atoms with E-state index >= 15 is 0 Å². The van der Waals surface area contributed by atoms with Gasteiger partial charge in [-0.1, -0.05) is 48.0 Å². The first-order valence-corrected chi connectivity index (χ1v) is 9.65. The van der Waals surface area contributed by atoms with Crippen molar-refractivity contribution in [3.63, 3.8) is 0 Å². The van der Waals surface area contributed by atoms with Crippen molar-refractivity contribution in [3.05, 3.63) is 95.0 Å². The quantitative estimate of drug-likeness (QED) is 0.354. The molecule has 0 saturated heterocycles. The molecule has 0 fully saturated rings. The minimum Gasteiger partial charge on any atom is -0.497 e. The van der Waals surface area contributed by atoms with Crippen molar-refractivity contribution in [2.24, 2.45) is 5.10 Å². The van der Waals surface area contributed by atoms with Crippen molar-refractivity contribution in [2.45, 2.75) is 0 Å². The number of rotatable bonds is 5. The molecule has 30 heavy (non-hydrogen) atoms. The third kappa shape index (κ3) is 4.16. The Morgan fingerprint density at radius 3 is 2.53 bits per heavy atom. The van der Waals surface area contributed by atoms with Gasteiger partial charge in [0, 0.05) is 16.0 Å². The lowest BCUT2D eigenvalue weighted by Gasteiger charge is -2.10. The van der Waals surface area contributed by atoms with Crippen LogP contribution in [0, 0.1) is 0 Å². The first-order valence-electron chi connectivity index (χ1n) is 9.28. The number of carbonyl (C=O) groups is 1. The average molecular weight is 416 g/mol. The molecule has 1 N–H and O–H groups in total. The maximum Gasteiger partial charge on any atom is 0.272 e. The van der Waals surface area contributed by atoms with E-state index in [1.54, 1.807) is 25.5 Å². The molecule has 1 amide bonds. The van der Waals surface area contributed by atoms with Crippen LogP contribution in [0.2, 0.25) is 5.02 Å². The highest BCUT2D eigenvalue weighted by atomic mass is 35.5. The summed E-state index contributed by atoms with van der Waals surface area (Å²) in [5.41, 5.74) is 6.02. The number of hydrogen-bond donors (Lipinski definition) is 1. The monoisotopic (exact) mass is 415 g/mol. The van der Waals surface area contributed by atoms with Crippen molar-refractivity contribution in [1.29, 1.82) is 0 Å². The van der Waals surface area contributed by atoms with Crippen LogP contribution in [-0.2, 0) is 0 Å². The molecule has 0 unspecified atom stereocenters. The molecule has 0 atom stereocenters. The zero-order valence-corrected chi connectivity index (χ0v) is 16.9. The van der Waals surface area contributed by atoms with Gasteiger partial charge >= 0.3 is 0 Å². The van der Waals surface area contributed by atoms with Gasteiger partial charge in [-0.15, -0.1) is 0 Å². The molecule has 1 aromatic heterocycles. The van der Waals surface area contributed by atoms with Gasteiger partial charge in [0.25, 0.3) is 5.91 Å². The lowest BCUT2D eigenvalue weighted by Crippen LogP contribution is -2.18. The third-order valence-corrected chi connectivity index (χ3v) is 4.94. The van der Waals surface area contributed by atoms with Gasteiger partial charge < -0.3 is 4.74 Å². The summed E-state index contributed by atoms with van der Waals surface area (Å²) in [6, 6.07) is 24.0. The molecule has 0 aliphatic carbocycles. The second-order valence-corrected chi connectivity index (χ2v) is 6.93. The summed E-state index contributed by atoms with van der Waals surface area (Å²) in [7, 11) is 1.61. The number of nitrogens with zero attached hydrogens (tertiary/aromatic N) is 2. The molecular formula is C24H18ClN3O2. The molecule has 0 bridgehead atoms. The predicted octanol–water partition coefficient (Wildman–Crippen LogP) is 5.33. The number of halogens is 1. The van der Waals surface area contributed by atoms with Crippen LogP contribution in [0.25, 0.3) is 22.2 Å². The fourth-order valence-electron chi connectivity index (χ4n) is 3.09. The first-order chi connectivity index (χ1) is 14.7. The van der Waals surface area contributed by atoms with Crippen LogP contribution < -0.4 is 10.2 Å². The van der Waals surface area contributed by atoms with Gasteiger partial charge in [-0.05, 0) is 48.0 Å². The Labute approximate surface area is 179 Å². The molecule has 148 valence electrons. The number of para-hydroxylation sites is 1. The fraction of sp³-hybridized carbons (Fsp3) is 0.0417.